The third-order valence-electron chi connectivity index (χ3n) is 1.96. The molecule has 0 saturated carbocycles. The van der Waals surface area contributed by atoms with Crippen molar-refractivity contribution in [3.63, 3.8) is 0 Å². The van der Waals surface area contributed by atoms with Crippen LogP contribution in [0, 0.1) is 0 Å². The largest absolute Gasteiger partial charge is 0.380 e. The van der Waals surface area contributed by atoms with Gasteiger partial charge in [0.1, 0.15) is 0 Å². The molecule has 0 bridgehead atoms. The minimum absolute atomic E-state index is 0.337. The van der Waals surface area contributed by atoms with E-state index in [1.165, 1.54) is 0 Å². The van der Waals surface area contributed by atoms with Gasteiger partial charge in [-0.15, -0.1) is 0 Å². The summed E-state index contributed by atoms with van der Waals surface area (Å²) in [5, 5.41) is 3.88. The van der Waals surface area contributed by atoms with Gasteiger partial charge in [0.25, 0.3) is 0 Å². The van der Waals surface area contributed by atoms with Crippen LogP contribution >= 0.6 is 0 Å². The van der Waals surface area contributed by atoms with Crippen molar-refractivity contribution in [2.45, 2.75) is 25.7 Å². The zero-order valence-corrected chi connectivity index (χ0v) is 7.28. The number of hydrogen-bond donors (Lipinski definition) is 0. The Labute approximate surface area is 70.9 Å². The molecule has 1 aliphatic heterocycles. The van der Waals surface area contributed by atoms with Crippen molar-refractivity contribution in [2.75, 3.05) is 13.2 Å². The molecule has 0 radical (unpaired) electrons. The molecule has 0 N–H and O–H groups in total. The minimum Gasteiger partial charge on any atom is -0.380 e. The van der Waals surface area contributed by atoms with Crippen LogP contribution in [-0.2, 0) is 4.74 Å². The summed E-state index contributed by atoms with van der Waals surface area (Å²) in [5.74, 6) is 2.19. The molecule has 4 heteroatoms. The molecule has 0 spiro atoms. The fraction of sp³-hybridized carbons (Fsp3) is 0.750. The summed E-state index contributed by atoms with van der Waals surface area (Å²) in [5.41, 5.74) is 0. The molecule has 4 nitrogen and oxygen atoms in total. The van der Waals surface area contributed by atoms with Crippen molar-refractivity contribution < 1.29 is 9.26 Å². The predicted molar refractivity (Wildman–Crippen MR) is 41.9 cm³/mol. The summed E-state index contributed by atoms with van der Waals surface area (Å²) in [7, 11) is 0. The van der Waals surface area contributed by atoms with E-state index in [4.69, 9.17) is 9.26 Å². The van der Waals surface area contributed by atoms with E-state index in [1.807, 2.05) is 13.8 Å². The third-order valence-corrected chi connectivity index (χ3v) is 1.96. The molecule has 0 atom stereocenters. The first-order valence-electron chi connectivity index (χ1n) is 4.18. The number of aromatic nitrogens is 2. The lowest BCUT2D eigenvalue weighted by Crippen LogP contribution is -2.25. The molecule has 1 aromatic rings. The summed E-state index contributed by atoms with van der Waals surface area (Å²) in [6.45, 7) is 5.54. The van der Waals surface area contributed by atoms with Crippen LogP contribution in [0.4, 0.5) is 0 Å². The van der Waals surface area contributed by atoms with E-state index in [9.17, 15) is 0 Å². The standard InChI is InChI=1S/C8H12N2O2/c1-5(2)7-9-8(12-10-7)6-3-11-4-6/h5-6H,3-4H2,1-2H3. The highest BCUT2D eigenvalue weighted by Crippen LogP contribution is 2.23. The highest BCUT2D eigenvalue weighted by Gasteiger charge is 2.26. The zero-order chi connectivity index (χ0) is 8.55. The van der Waals surface area contributed by atoms with Gasteiger partial charge >= 0.3 is 0 Å². The molecule has 1 fully saturated rings. The normalized spacial score (nSPS) is 18.2. The van der Waals surface area contributed by atoms with Crippen molar-refractivity contribution >= 4 is 0 Å². The molecule has 0 aromatic carbocycles. The molecular formula is C8H12N2O2. The van der Waals surface area contributed by atoms with E-state index < -0.39 is 0 Å². The summed E-state index contributed by atoms with van der Waals surface area (Å²) in [4.78, 5) is 4.27. The second kappa shape index (κ2) is 2.86. The smallest absolute Gasteiger partial charge is 0.234 e. The van der Waals surface area contributed by atoms with Crippen molar-refractivity contribution in [1.29, 1.82) is 0 Å². The van der Waals surface area contributed by atoms with E-state index in [-0.39, 0.29) is 0 Å². The van der Waals surface area contributed by atoms with Gasteiger partial charge in [0, 0.05) is 5.92 Å². The van der Waals surface area contributed by atoms with Crippen LogP contribution < -0.4 is 0 Å². The van der Waals surface area contributed by atoms with Crippen LogP contribution in [0.3, 0.4) is 0 Å². The average Bonchev–Trinajstić information content (AvgIpc) is 2.32. The molecule has 0 unspecified atom stereocenters. The quantitative estimate of drug-likeness (QED) is 0.668. The van der Waals surface area contributed by atoms with Crippen molar-refractivity contribution in [2.24, 2.45) is 0 Å². The summed E-state index contributed by atoms with van der Waals surface area (Å²) < 4.78 is 10.1. The van der Waals surface area contributed by atoms with Crippen LogP contribution in [0.25, 0.3) is 0 Å². The topological polar surface area (TPSA) is 48.2 Å². The van der Waals surface area contributed by atoms with Gasteiger partial charge in [-0.25, -0.2) is 0 Å². The molecule has 1 aromatic heterocycles. The average molecular weight is 168 g/mol. The number of ether oxygens (including phenoxy) is 1. The maximum absolute atomic E-state index is 5.09. The fourth-order valence-corrected chi connectivity index (χ4v) is 1.03. The van der Waals surface area contributed by atoms with Crippen molar-refractivity contribution in [3.8, 4) is 0 Å². The Morgan fingerprint density at radius 3 is 2.58 bits per heavy atom. The Morgan fingerprint density at radius 1 is 1.42 bits per heavy atom. The summed E-state index contributed by atoms with van der Waals surface area (Å²) in [6, 6.07) is 0. The van der Waals surface area contributed by atoms with Gasteiger partial charge in [-0.1, -0.05) is 19.0 Å². The molecule has 66 valence electrons. The minimum atomic E-state index is 0.337. The second-order valence-electron chi connectivity index (χ2n) is 3.38. The van der Waals surface area contributed by atoms with E-state index in [0.717, 1.165) is 24.9 Å². The van der Waals surface area contributed by atoms with Gasteiger partial charge in [0.2, 0.25) is 5.89 Å². The predicted octanol–water partition coefficient (Wildman–Crippen LogP) is 1.31. The maximum Gasteiger partial charge on any atom is 0.234 e. The van der Waals surface area contributed by atoms with E-state index >= 15 is 0 Å². The Hall–Kier alpha value is -0.900. The van der Waals surface area contributed by atoms with Crippen LogP contribution in [0.15, 0.2) is 4.52 Å². The molecule has 2 heterocycles. The summed E-state index contributed by atoms with van der Waals surface area (Å²) in [6.07, 6.45) is 0. The van der Waals surface area contributed by atoms with Crippen LogP contribution in [0.5, 0.6) is 0 Å². The SMILES string of the molecule is CC(C)c1noc(C2COC2)n1. The second-order valence-corrected chi connectivity index (χ2v) is 3.38. The lowest BCUT2D eigenvalue weighted by Gasteiger charge is -2.21. The van der Waals surface area contributed by atoms with E-state index in [0.29, 0.717) is 11.8 Å². The maximum atomic E-state index is 5.09. The molecule has 1 saturated heterocycles. The lowest BCUT2D eigenvalue weighted by atomic mass is 10.1. The van der Waals surface area contributed by atoms with E-state index in [2.05, 4.69) is 10.1 Å². The first-order valence-corrected chi connectivity index (χ1v) is 4.18. The Kier molecular flexibility index (Phi) is 1.84. The molecule has 0 aliphatic carbocycles. The van der Waals surface area contributed by atoms with Gasteiger partial charge in [-0.3, -0.25) is 0 Å². The summed E-state index contributed by atoms with van der Waals surface area (Å²) >= 11 is 0. The van der Waals surface area contributed by atoms with Gasteiger partial charge in [0.05, 0.1) is 19.1 Å². The lowest BCUT2D eigenvalue weighted by molar-refractivity contribution is -0.00445. The van der Waals surface area contributed by atoms with Crippen molar-refractivity contribution in [3.05, 3.63) is 11.7 Å². The molecule has 12 heavy (non-hydrogen) atoms. The van der Waals surface area contributed by atoms with Gasteiger partial charge < -0.3 is 9.26 Å². The molecule has 1 aliphatic rings. The number of nitrogens with zero attached hydrogens (tertiary/aromatic N) is 2. The van der Waals surface area contributed by atoms with Gasteiger partial charge in [-0.2, -0.15) is 4.98 Å². The van der Waals surface area contributed by atoms with Gasteiger partial charge in [-0.05, 0) is 0 Å². The van der Waals surface area contributed by atoms with Crippen LogP contribution in [0.2, 0.25) is 0 Å². The third kappa shape index (κ3) is 1.22. The number of rotatable bonds is 2. The van der Waals surface area contributed by atoms with Crippen LogP contribution in [0.1, 0.15) is 37.4 Å². The Balaban J connectivity index is 2.12. The van der Waals surface area contributed by atoms with Gasteiger partial charge in [0.15, 0.2) is 5.82 Å². The zero-order valence-electron chi connectivity index (χ0n) is 7.28. The molecule has 2 rings (SSSR count). The first kappa shape index (κ1) is 7.73. The van der Waals surface area contributed by atoms with E-state index in [1.54, 1.807) is 0 Å². The molecule has 0 amide bonds. The highest BCUT2D eigenvalue weighted by molar-refractivity contribution is 4.99. The van der Waals surface area contributed by atoms with Crippen molar-refractivity contribution in [1.82, 2.24) is 10.1 Å². The van der Waals surface area contributed by atoms with Crippen LogP contribution in [-0.4, -0.2) is 23.4 Å². The fourth-order valence-electron chi connectivity index (χ4n) is 1.03. The Bertz CT molecular complexity index is 266. The Morgan fingerprint density at radius 2 is 2.17 bits per heavy atom. The number of hydrogen-bond acceptors (Lipinski definition) is 4. The highest BCUT2D eigenvalue weighted by atomic mass is 16.5. The first-order chi connectivity index (χ1) is 5.77. The molecular weight excluding hydrogens is 156 g/mol. The monoisotopic (exact) mass is 168 g/mol.